The molecule has 2 rings (SSSR count). The van der Waals surface area contributed by atoms with Crippen molar-refractivity contribution in [2.24, 2.45) is 5.73 Å². The first-order valence-electron chi connectivity index (χ1n) is 6.19. The molecule has 2 aromatic rings. The van der Waals surface area contributed by atoms with E-state index in [1.807, 2.05) is 24.3 Å². The minimum Gasteiger partial charge on any atom is -0.504 e. The van der Waals surface area contributed by atoms with Crippen LogP contribution in [0.3, 0.4) is 0 Å². The zero-order valence-electron chi connectivity index (χ0n) is 11.3. The highest BCUT2D eigenvalue weighted by Crippen LogP contribution is 2.30. The Hall–Kier alpha value is -2.21. The van der Waals surface area contributed by atoms with E-state index in [1.165, 1.54) is 13.2 Å². The lowest BCUT2D eigenvalue weighted by Crippen LogP contribution is -2.27. The second-order valence-corrected chi connectivity index (χ2v) is 5.34. The average molecular weight is 351 g/mol. The number of phenolic OH excluding ortho intramolecular Hbond substituents is 1. The molecule has 5 nitrogen and oxygen atoms in total. The Morgan fingerprint density at radius 3 is 2.71 bits per heavy atom. The minimum atomic E-state index is -0.728. The third kappa shape index (κ3) is 3.66. The first kappa shape index (κ1) is 15.2. The molecule has 1 unspecified atom stereocenters. The van der Waals surface area contributed by atoms with Gasteiger partial charge in [-0.05, 0) is 35.9 Å². The molecule has 0 aromatic heterocycles. The molecule has 0 aliphatic heterocycles. The molecule has 0 saturated carbocycles. The van der Waals surface area contributed by atoms with Crippen LogP contribution in [-0.4, -0.2) is 18.1 Å². The van der Waals surface area contributed by atoms with Crippen LogP contribution in [0.1, 0.15) is 11.6 Å². The Balaban J connectivity index is 2.33. The summed E-state index contributed by atoms with van der Waals surface area (Å²) >= 11 is 3.37. The Morgan fingerprint density at radius 2 is 2.10 bits per heavy atom. The van der Waals surface area contributed by atoms with Gasteiger partial charge in [-0.2, -0.15) is 0 Å². The summed E-state index contributed by atoms with van der Waals surface area (Å²) in [7, 11) is 1.44. The second kappa shape index (κ2) is 6.49. The van der Waals surface area contributed by atoms with E-state index in [0.717, 1.165) is 10.2 Å². The number of benzene rings is 2. The molecule has 6 heteroatoms. The number of halogens is 1. The number of carbonyl (C=O) groups is 1. The van der Waals surface area contributed by atoms with Gasteiger partial charge in [-0.1, -0.05) is 28.1 Å². The number of rotatable bonds is 5. The zero-order chi connectivity index (χ0) is 15.4. The van der Waals surface area contributed by atoms with Gasteiger partial charge < -0.3 is 20.9 Å². The monoisotopic (exact) mass is 350 g/mol. The number of nitrogens with one attached hydrogen (secondary N) is 1. The number of ether oxygens (including phenoxy) is 1. The molecule has 4 N–H and O–H groups in total. The van der Waals surface area contributed by atoms with Crippen LogP contribution < -0.4 is 15.8 Å². The summed E-state index contributed by atoms with van der Waals surface area (Å²) < 4.78 is 5.94. The van der Waals surface area contributed by atoms with Gasteiger partial charge in [0, 0.05) is 10.2 Å². The molecule has 0 bridgehead atoms. The predicted octanol–water partition coefficient (Wildman–Crippen LogP) is 2.80. The number of amides is 1. The SMILES string of the molecule is COc1cc(C(Nc2cccc(Br)c2)C(N)=O)ccc1O. The van der Waals surface area contributed by atoms with Gasteiger partial charge in [-0.3, -0.25) is 4.79 Å². The Morgan fingerprint density at radius 1 is 1.33 bits per heavy atom. The van der Waals surface area contributed by atoms with Crippen molar-refractivity contribution in [3.63, 3.8) is 0 Å². The van der Waals surface area contributed by atoms with Crippen molar-refractivity contribution < 1.29 is 14.6 Å². The maximum Gasteiger partial charge on any atom is 0.244 e. The molecule has 2 aromatic carbocycles. The minimum absolute atomic E-state index is 0.00641. The van der Waals surface area contributed by atoms with Crippen LogP contribution in [0.2, 0.25) is 0 Å². The molecule has 110 valence electrons. The van der Waals surface area contributed by atoms with Crippen molar-refractivity contribution in [1.82, 2.24) is 0 Å². The Bertz CT molecular complexity index is 661. The summed E-state index contributed by atoms with van der Waals surface area (Å²) in [6.07, 6.45) is 0. The summed E-state index contributed by atoms with van der Waals surface area (Å²) in [5.41, 5.74) is 6.83. The molecule has 21 heavy (non-hydrogen) atoms. The third-order valence-corrected chi connectivity index (χ3v) is 3.45. The number of anilines is 1. The number of aromatic hydroxyl groups is 1. The molecule has 0 heterocycles. The molecular formula is C15H15BrN2O3. The van der Waals surface area contributed by atoms with Crippen molar-refractivity contribution in [2.45, 2.75) is 6.04 Å². The van der Waals surface area contributed by atoms with Gasteiger partial charge >= 0.3 is 0 Å². The normalized spacial score (nSPS) is 11.7. The van der Waals surface area contributed by atoms with Gasteiger partial charge in [-0.25, -0.2) is 0 Å². The van der Waals surface area contributed by atoms with Crippen molar-refractivity contribution in [2.75, 3.05) is 12.4 Å². The van der Waals surface area contributed by atoms with E-state index in [-0.39, 0.29) is 11.5 Å². The van der Waals surface area contributed by atoms with Crippen molar-refractivity contribution in [3.8, 4) is 11.5 Å². The largest absolute Gasteiger partial charge is 0.504 e. The smallest absolute Gasteiger partial charge is 0.244 e. The highest BCUT2D eigenvalue weighted by Gasteiger charge is 2.19. The lowest BCUT2D eigenvalue weighted by atomic mass is 10.1. The maximum atomic E-state index is 11.7. The number of nitrogens with two attached hydrogens (primary N) is 1. The van der Waals surface area contributed by atoms with Gasteiger partial charge in [-0.15, -0.1) is 0 Å². The van der Waals surface area contributed by atoms with Crippen molar-refractivity contribution in [3.05, 3.63) is 52.5 Å². The molecule has 0 aliphatic rings. The van der Waals surface area contributed by atoms with Gasteiger partial charge in [0.25, 0.3) is 0 Å². The van der Waals surface area contributed by atoms with E-state index in [1.54, 1.807) is 12.1 Å². The van der Waals surface area contributed by atoms with E-state index < -0.39 is 11.9 Å². The Kier molecular flexibility index (Phi) is 4.70. The highest BCUT2D eigenvalue weighted by atomic mass is 79.9. The number of primary amides is 1. The van der Waals surface area contributed by atoms with Crippen LogP contribution in [0.25, 0.3) is 0 Å². The first-order valence-corrected chi connectivity index (χ1v) is 6.99. The summed E-state index contributed by atoms with van der Waals surface area (Å²) in [6, 6.07) is 11.3. The summed E-state index contributed by atoms with van der Waals surface area (Å²) in [4.78, 5) is 11.7. The van der Waals surface area contributed by atoms with Gasteiger partial charge in [0.2, 0.25) is 5.91 Å². The number of hydrogen-bond donors (Lipinski definition) is 3. The highest BCUT2D eigenvalue weighted by molar-refractivity contribution is 9.10. The molecule has 0 fully saturated rings. The molecule has 1 amide bonds. The molecular weight excluding hydrogens is 336 g/mol. The second-order valence-electron chi connectivity index (χ2n) is 4.42. The third-order valence-electron chi connectivity index (χ3n) is 2.96. The maximum absolute atomic E-state index is 11.7. The quantitative estimate of drug-likeness (QED) is 0.773. The lowest BCUT2D eigenvalue weighted by Gasteiger charge is -2.18. The Labute approximate surface area is 130 Å². The molecule has 0 saturated heterocycles. The predicted molar refractivity (Wildman–Crippen MR) is 84.4 cm³/mol. The fraction of sp³-hybridized carbons (Fsp3) is 0.133. The summed E-state index contributed by atoms with van der Waals surface area (Å²) in [6.45, 7) is 0. The summed E-state index contributed by atoms with van der Waals surface area (Å²) in [5, 5.41) is 12.7. The van der Waals surface area contributed by atoms with Crippen LogP contribution >= 0.6 is 15.9 Å². The van der Waals surface area contributed by atoms with E-state index in [9.17, 15) is 9.90 Å². The standard InChI is InChI=1S/C15H15BrN2O3/c1-21-13-7-9(5-6-12(13)19)14(15(17)20)18-11-4-2-3-10(16)8-11/h2-8,14,18-19H,1H3,(H2,17,20). The number of carbonyl (C=O) groups excluding carboxylic acids is 1. The number of phenols is 1. The van der Waals surface area contributed by atoms with E-state index in [2.05, 4.69) is 21.2 Å². The first-order chi connectivity index (χ1) is 10.0. The number of methoxy groups -OCH3 is 1. The van der Waals surface area contributed by atoms with Crippen molar-refractivity contribution in [1.29, 1.82) is 0 Å². The van der Waals surface area contributed by atoms with Crippen LogP contribution in [-0.2, 0) is 4.79 Å². The fourth-order valence-corrected chi connectivity index (χ4v) is 2.34. The van der Waals surface area contributed by atoms with Crippen LogP contribution in [0, 0.1) is 0 Å². The average Bonchev–Trinajstić information content (AvgIpc) is 2.45. The lowest BCUT2D eigenvalue weighted by molar-refractivity contribution is -0.118. The zero-order valence-corrected chi connectivity index (χ0v) is 12.9. The molecule has 0 radical (unpaired) electrons. The van der Waals surface area contributed by atoms with E-state index >= 15 is 0 Å². The number of hydrogen-bond acceptors (Lipinski definition) is 4. The topological polar surface area (TPSA) is 84.6 Å². The molecule has 1 atom stereocenters. The summed E-state index contributed by atoms with van der Waals surface area (Å²) in [5.74, 6) is -0.232. The van der Waals surface area contributed by atoms with Gasteiger partial charge in [0.1, 0.15) is 6.04 Å². The molecule has 0 aliphatic carbocycles. The van der Waals surface area contributed by atoms with Crippen LogP contribution in [0.15, 0.2) is 46.9 Å². The van der Waals surface area contributed by atoms with Crippen LogP contribution in [0.4, 0.5) is 5.69 Å². The fourth-order valence-electron chi connectivity index (χ4n) is 1.94. The van der Waals surface area contributed by atoms with E-state index in [0.29, 0.717) is 5.56 Å². The molecule has 0 spiro atoms. The van der Waals surface area contributed by atoms with Gasteiger partial charge in [0.05, 0.1) is 7.11 Å². The van der Waals surface area contributed by atoms with E-state index in [4.69, 9.17) is 10.5 Å². The van der Waals surface area contributed by atoms with Crippen molar-refractivity contribution >= 4 is 27.5 Å². The van der Waals surface area contributed by atoms with Gasteiger partial charge in [0.15, 0.2) is 11.5 Å². The van der Waals surface area contributed by atoms with Crippen LogP contribution in [0.5, 0.6) is 11.5 Å².